The number of amides is 1. The summed E-state index contributed by atoms with van der Waals surface area (Å²) in [4.78, 5) is 39.5. The fraction of sp³-hybridized carbons (Fsp3) is 0.400. The van der Waals surface area contributed by atoms with E-state index in [1.807, 2.05) is 0 Å². The van der Waals surface area contributed by atoms with Crippen molar-refractivity contribution in [3.05, 3.63) is 34.2 Å². The number of aromatic nitrogens is 2. The Morgan fingerprint density at radius 1 is 1.36 bits per heavy atom. The molecule has 1 aromatic carbocycles. The van der Waals surface area contributed by atoms with E-state index in [4.69, 9.17) is 5.11 Å². The Bertz CT molecular complexity index is 805. The summed E-state index contributed by atoms with van der Waals surface area (Å²) in [5, 5.41) is 9.11. The summed E-state index contributed by atoms with van der Waals surface area (Å²) < 4.78 is 1.45. The highest BCUT2D eigenvalue weighted by Crippen LogP contribution is 2.20. The Kier molecular flexibility index (Phi) is 3.48. The third-order valence-corrected chi connectivity index (χ3v) is 4.21. The van der Waals surface area contributed by atoms with Crippen LogP contribution in [0.15, 0.2) is 23.0 Å². The number of carboxylic acid groups (broad SMARTS) is 1. The highest BCUT2D eigenvalue weighted by atomic mass is 16.4. The lowest BCUT2D eigenvalue weighted by atomic mass is 9.97. The van der Waals surface area contributed by atoms with Crippen LogP contribution in [0, 0.1) is 5.92 Å². The zero-order chi connectivity index (χ0) is 15.9. The second-order valence-electron chi connectivity index (χ2n) is 5.65. The van der Waals surface area contributed by atoms with E-state index in [9.17, 15) is 14.4 Å². The normalized spacial score (nSPS) is 18.6. The largest absolute Gasteiger partial charge is 0.481 e. The molecule has 0 aliphatic carbocycles. The number of likely N-dealkylation sites (tertiary alicyclic amines) is 1. The molecule has 7 nitrogen and oxygen atoms in total. The number of carbonyl (C=O) groups excluding carboxylic acids is 1. The Hall–Kier alpha value is -2.57. The molecule has 1 saturated heterocycles. The molecule has 22 heavy (non-hydrogen) atoms. The second-order valence-corrected chi connectivity index (χ2v) is 5.65. The van der Waals surface area contributed by atoms with Crippen molar-refractivity contribution in [3.63, 3.8) is 0 Å². The molecule has 2 heterocycles. The van der Waals surface area contributed by atoms with Gasteiger partial charge in [0.25, 0.3) is 5.91 Å². The first-order chi connectivity index (χ1) is 10.5. The summed E-state index contributed by atoms with van der Waals surface area (Å²) >= 11 is 0. The summed E-state index contributed by atoms with van der Waals surface area (Å²) in [6, 6.07) is 5.02. The van der Waals surface area contributed by atoms with Crippen LogP contribution in [0.3, 0.4) is 0 Å². The van der Waals surface area contributed by atoms with Crippen LogP contribution in [0.2, 0.25) is 0 Å². The minimum absolute atomic E-state index is 0.193. The lowest BCUT2D eigenvalue weighted by Crippen LogP contribution is -2.42. The monoisotopic (exact) mass is 303 g/mol. The zero-order valence-corrected chi connectivity index (χ0v) is 12.2. The molecule has 0 bridgehead atoms. The van der Waals surface area contributed by atoms with E-state index < -0.39 is 11.9 Å². The van der Waals surface area contributed by atoms with Gasteiger partial charge in [0.15, 0.2) is 0 Å². The highest BCUT2D eigenvalue weighted by Gasteiger charge is 2.28. The number of fused-ring (bicyclic) bond motifs is 1. The molecular formula is C15H17N3O4. The number of hydrogen-bond acceptors (Lipinski definition) is 3. The van der Waals surface area contributed by atoms with E-state index in [1.54, 1.807) is 30.1 Å². The lowest BCUT2D eigenvalue weighted by Gasteiger charge is -2.30. The average Bonchev–Trinajstić information content (AvgIpc) is 2.81. The predicted octanol–water partition coefficient (Wildman–Crippen LogP) is 0.803. The molecule has 1 amide bonds. The number of nitrogens with one attached hydrogen (secondary N) is 1. The minimum atomic E-state index is -0.860. The summed E-state index contributed by atoms with van der Waals surface area (Å²) in [6.45, 7) is 0.797. The second kappa shape index (κ2) is 5.32. The van der Waals surface area contributed by atoms with Crippen LogP contribution in [-0.4, -0.2) is 44.5 Å². The van der Waals surface area contributed by atoms with Crippen molar-refractivity contribution in [2.24, 2.45) is 13.0 Å². The molecule has 0 radical (unpaired) electrons. The van der Waals surface area contributed by atoms with E-state index >= 15 is 0 Å². The molecule has 1 aliphatic heterocycles. The molecule has 1 aliphatic rings. The first-order valence-electron chi connectivity index (χ1n) is 7.18. The van der Waals surface area contributed by atoms with E-state index in [0.29, 0.717) is 36.0 Å². The first kappa shape index (κ1) is 14.4. The molecule has 1 aromatic heterocycles. The number of aromatic amines is 1. The molecule has 0 unspecified atom stereocenters. The van der Waals surface area contributed by atoms with E-state index in [-0.39, 0.29) is 18.1 Å². The van der Waals surface area contributed by atoms with E-state index in [2.05, 4.69) is 4.98 Å². The SMILES string of the molecule is Cn1c(=O)[nH]c2ccc(C(=O)N3CCC[C@H](C(=O)O)C3)cc21. The van der Waals surface area contributed by atoms with Crippen LogP contribution in [0.4, 0.5) is 0 Å². The van der Waals surface area contributed by atoms with E-state index in [0.717, 1.165) is 0 Å². The van der Waals surface area contributed by atoms with Crippen molar-refractivity contribution in [2.75, 3.05) is 13.1 Å². The van der Waals surface area contributed by atoms with Gasteiger partial charge in [-0.2, -0.15) is 0 Å². The molecule has 116 valence electrons. The van der Waals surface area contributed by atoms with Crippen LogP contribution in [0.25, 0.3) is 11.0 Å². The van der Waals surface area contributed by atoms with Gasteiger partial charge in [0.1, 0.15) is 0 Å². The van der Waals surface area contributed by atoms with Crippen LogP contribution in [0.1, 0.15) is 23.2 Å². The van der Waals surface area contributed by atoms with Gasteiger partial charge in [-0.05, 0) is 31.0 Å². The number of aryl methyl sites for hydroxylation is 1. The van der Waals surface area contributed by atoms with Gasteiger partial charge in [0, 0.05) is 25.7 Å². The molecule has 3 rings (SSSR count). The fourth-order valence-corrected chi connectivity index (χ4v) is 2.90. The van der Waals surface area contributed by atoms with Crippen LogP contribution >= 0.6 is 0 Å². The van der Waals surface area contributed by atoms with Crippen molar-refractivity contribution in [1.82, 2.24) is 14.5 Å². The molecule has 0 saturated carbocycles. The topological polar surface area (TPSA) is 95.4 Å². The number of imidazole rings is 1. The summed E-state index contributed by atoms with van der Waals surface area (Å²) in [6.07, 6.45) is 1.29. The van der Waals surface area contributed by atoms with Gasteiger partial charge < -0.3 is 15.0 Å². The number of carbonyl (C=O) groups is 2. The third kappa shape index (κ3) is 2.38. The molecule has 2 aromatic rings. The zero-order valence-electron chi connectivity index (χ0n) is 12.2. The Morgan fingerprint density at radius 2 is 2.14 bits per heavy atom. The Morgan fingerprint density at radius 3 is 2.86 bits per heavy atom. The van der Waals surface area contributed by atoms with Gasteiger partial charge >= 0.3 is 11.7 Å². The molecule has 7 heteroatoms. The van der Waals surface area contributed by atoms with Crippen molar-refractivity contribution in [3.8, 4) is 0 Å². The standard InChI is InChI=1S/C15H17N3O4/c1-17-12-7-9(4-5-11(12)16-15(17)22)13(19)18-6-2-3-10(8-18)14(20)21/h4-5,7,10H,2-3,6,8H2,1H3,(H,16,22)(H,20,21)/t10-/m0/s1. The fourth-order valence-electron chi connectivity index (χ4n) is 2.90. The van der Waals surface area contributed by atoms with Gasteiger partial charge in [-0.25, -0.2) is 4.79 Å². The number of benzene rings is 1. The van der Waals surface area contributed by atoms with Gasteiger partial charge in [-0.1, -0.05) is 0 Å². The molecule has 0 spiro atoms. The van der Waals surface area contributed by atoms with Crippen molar-refractivity contribution < 1.29 is 14.7 Å². The molecule has 1 fully saturated rings. The first-order valence-corrected chi connectivity index (χ1v) is 7.18. The number of nitrogens with zero attached hydrogens (tertiary/aromatic N) is 2. The number of hydrogen-bond donors (Lipinski definition) is 2. The van der Waals surface area contributed by atoms with Gasteiger partial charge in [-0.3, -0.25) is 14.2 Å². The Balaban J connectivity index is 1.90. The molecule has 1 atom stereocenters. The number of H-pyrrole nitrogens is 1. The molecular weight excluding hydrogens is 286 g/mol. The maximum atomic E-state index is 12.6. The molecule has 2 N–H and O–H groups in total. The Labute approximate surface area is 126 Å². The van der Waals surface area contributed by atoms with Crippen molar-refractivity contribution in [2.45, 2.75) is 12.8 Å². The summed E-state index contributed by atoms with van der Waals surface area (Å²) in [5.41, 5.74) is 1.56. The van der Waals surface area contributed by atoms with Gasteiger partial charge in [-0.15, -0.1) is 0 Å². The highest BCUT2D eigenvalue weighted by molar-refractivity contribution is 5.97. The van der Waals surface area contributed by atoms with Crippen molar-refractivity contribution >= 4 is 22.9 Å². The smallest absolute Gasteiger partial charge is 0.326 e. The minimum Gasteiger partial charge on any atom is -0.481 e. The number of piperidine rings is 1. The number of aliphatic carboxylic acids is 1. The maximum absolute atomic E-state index is 12.6. The average molecular weight is 303 g/mol. The summed E-state index contributed by atoms with van der Waals surface area (Å²) in [7, 11) is 1.64. The third-order valence-electron chi connectivity index (χ3n) is 4.21. The maximum Gasteiger partial charge on any atom is 0.326 e. The van der Waals surface area contributed by atoms with Crippen LogP contribution < -0.4 is 5.69 Å². The lowest BCUT2D eigenvalue weighted by molar-refractivity contribution is -0.143. The van der Waals surface area contributed by atoms with E-state index in [1.165, 1.54) is 4.57 Å². The predicted molar refractivity (Wildman–Crippen MR) is 79.8 cm³/mol. The van der Waals surface area contributed by atoms with Gasteiger partial charge in [0.05, 0.1) is 17.0 Å². The number of rotatable bonds is 2. The van der Waals surface area contributed by atoms with Gasteiger partial charge in [0.2, 0.25) is 0 Å². The number of carboxylic acids is 1. The van der Waals surface area contributed by atoms with Crippen LogP contribution in [0.5, 0.6) is 0 Å². The summed E-state index contributed by atoms with van der Waals surface area (Å²) in [5.74, 6) is -1.56. The quantitative estimate of drug-likeness (QED) is 0.858. The van der Waals surface area contributed by atoms with Crippen LogP contribution in [-0.2, 0) is 11.8 Å². The van der Waals surface area contributed by atoms with Crippen molar-refractivity contribution in [1.29, 1.82) is 0 Å².